The first-order chi connectivity index (χ1) is 11.1. The van der Waals surface area contributed by atoms with E-state index >= 15 is 0 Å². The van der Waals surface area contributed by atoms with E-state index in [1.54, 1.807) is 11.3 Å². The van der Waals surface area contributed by atoms with Gasteiger partial charge >= 0.3 is 0 Å². The Morgan fingerprint density at radius 3 is 2.87 bits per heavy atom. The Balaban J connectivity index is 1.65. The normalized spacial score (nSPS) is 18.0. The molecule has 23 heavy (non-hydrogen) atoms. The minimum atomic E-state index is -0.122. The zero-order valence-electron chi connectivity index (χ0n) is 13.3. The highest BCUT2D eigenvalue weighted by molar-refractivity contribution is 7.09. The number of hydrogen-bond donors (Lipinski definition) is 0. The molecule has 122 valence electrons. The predicted octanol–water partition coefficient (Wildman–Crippen LogP) is 2.74. The van der Waals surface area contributed by atoms with Gasteiger partial charge in [0, 0.05) is 11.9 Å². The van der Waals surface area contributed by atoms with Gasteiger partial charge in [0.25, 0.3) is 5.91 Å². The van der Waals surface area contributed by atoms with Gasteiger partial charge in [-0.25, -0.2) is 4.98 Å². The zero-order valence-corrected chi connectivity index (χ0v) is 14.1. The van der Waals surface area contributed by atoms with Crippen molar-refractivity contribution < 1.29 is 14.3 Å². The molecule has 3 rings (SSSR count). The molecule has 1 amide bonds. The number of aromatic nitrogens is 1. The molecule has 0 radical (unpaired) electrons. The highest BCUT2D eigenvalue weighted by atomic mass is 32.1. The molecule has 2 aromatic rings. The smallest absolute Gasteiger partial charge is 0.261 e. The first-order valence-corrected chi connectivity index (χ1v) is 8.50. The standard InChI is InChI=1S/C17H20N2O3S/c1-12-3-5-14(6-4-12)22-10-17(20)19-7-8-21-9-16(19)15-11-23-13(2)18-15/h3-6,11,16H,7-10H2,1-2H3/t16-/m0/s1. The summed E-state index contributed by atoms with van der Waals surface area (Å²) in [5, 5.41) is 2.99. The Morgan fingerprint density at radius 1 is 1.39 bits per heavy atom. The van der Waals surface area contributed by atoms with Crippen LogP contribution in [0.5, 0.6) is 5.75 Å². The first kappa shape index (κ1) is 16.0. The molecule has 1 aliphatic heterocycles. The lowest BCUT2D eigenvalue weighted by Crippen LogP contribution is -2.45. The maximum atomic E-state index is 12.5. The van der Waals surface area contributed by atoms with Gasteiger partial charge in [-0.2, -0.15) is 0 Å². The molecular weight excluding hydrogens is 312 g/mol. The van der Waals surface area contributed by atoms with Gasteiger partial charge in [0.1, 0.15) is 5.75 Å². The average molecular weight is 332 g/mol. The molecule has 0 N–H and O–H groups in total. The van der Waals surface area contributed by atoms with Gasteiger partial charge in [-0.1, -0.05) is 17.7 Å². The van der Waals surface area contributed by atoms with E-state index < -0.39 is 0 Å². The van der Waals surface area contributed by atoms with E-state index in [4.69, 9.17) is 9.47 Å². The second-order valence-corrected chi connectivity index (χ2v) is 6.63. The van der Waals surface area contributed by atoms with E-state index in [2.05, 4.69) is 4.98 Å². The highest BCUT2D eigenvalue weighted by Crippen LogP contribution is 2.25. The fraction of sp³-hybridized carbons (Fsp3) is 0.412. The van der Waals surface area contributed by atoms with E-state index in [-0.39, 0.29) is 18.6 Å². The molecule has 1 atom stereocenters. The third-order valence-electron chi connectivity index (χ3n) is 3.81. The lowest BCUT2D eigenvalue weighted by Gasteiger charge is -2.34. The third kappa shape index (κ3) is 3.89. The van der Waals surface area contributed by atoms with Crippen LogP contribution in [0.15, 0.2) is 29.6 Å². The Bertz CT molecular complexity index is 669. The van der Waals surface area contributed by atoms with Crippen molar-refractivity contribution in [1.82, 2.24) is 9.88 Å². The fourth-order valence-corrected chi connectivity index (χ4v) is 3.20. The van der Waals surface area contributed by atoms with Crippen LogP contribution in [-0.4, -0.2) is 42.2 Å². The largest absolute Gasteiger partial charge is 0.484 e. The summed E-state index contributed by atoms with van der Waals surface area (Å²) < 4.78 is 11.1. The maximum Gasteiger partial charge on any atom is 0.261 e. The number of nitrogens with zero attached hydrogens (tertiary/aromatic N) is 2. The van der Waals surface area contributed by atoms with Gasteiger partial charge in [0.15, 0.2) is 6.61 Å². The van der Waals surface area contributed by atoms with Crippen LogP contribution in [0.25, 0.3) is 0 Å². The van der Waals surface area contributed by atoms with Crippen LogP contribution in [0, 0.1) is 13.8 Å². The third-order valence-corrected chi connectivity index (χ3v) is 4.60. The highest BCUT2D eigenvalue weighted by Gasteiger charge is 2.30. The summed E-state index contributed by atoms with van der Waals surface area (Å²) in [6.45, 7) is 5.61. The second-order valence-electron chi connectivity index (χ2n) is 5.57. The Morgan fingerprint density at radius 2 is 2.17 bits per heavy atom. The fourth-order valence-electron chi connectivity index (χ4n) is 2.54. The Kier molecular flexibility index (Phi) is 4.93. The molecule has 6 heteroatoms. The molecular formula is C17H20N2O3S. The lowest BCUT2D eigenvalue weighted by molar-refractivity contribution is -0.142. The predicted molar refractivity (Wildman–Crippen MR) is 88.8 cm³/mol. The number of aryl methyl sites for hydroxylation is 2. The molecule has 0 spiro atoms. The van der Waals surface area contributed by atoms with Gasteiger partial charge in [-0.3, -0.25) is 4.79 Å². The van der Waals surface area contributed by atoms with Gasteiger partial charge in [0.05, 0.1) is 30.0 Å². The zero-order chi connectivity index (χ0) is 16.2. The van der Waals surface area contributed by atoms with Crippen molar-refractivity contribution in [3.8, 4) is 5.75 Å². The van der Waals surface area contributed by atoms with Crippen molar-refractivity contribution in [2.75, 3.05) is 26.4 Å². The van der Waals surface area contributed by atoms with Crippen LogP contribution in [0.3, 0.4) is 0 Å². The summed E-state index contributed by atoms with van der Waals surface area (Å²) in [6.07, 6.45) is 0. The SMILES string of the molecule is Cc1ccc(OCC(=O)N2CCOC[C@H]2c2csc(C)n2)cc1. The molecule has 0 saturated carbocycles. The molecule has 1 saturated heterocycles. The molecule has 5 nitrogen and oxygen atoms in total. The summed E-state index contributed by atoms with van der Waals surface area (Å²) in [4.78, 5) is 18.9. The van der Waals surface area contributed by atoms with E-state index in [9.17, 15) is 4.79 Å². The number of amides is 1. The van der Waals surface area contributed by atoms with Crippen LogP contribution in [-0.2, 0) is 9.53 Å². The van der Waals surface area contributed by atoms with Crippen LogP contribution in [0.4, 0.5) is 0 Å². The van der Waals surface area contributed by atoms with Crippen molar-refractivity contribution in [3.63, 3.8) is 0 Å². The molecule has 0 unspecified atom stereocenters. The molecule has 2 heterocycles. The monoisotopic (exact) mass is 332 g/mol. The van der Waals surface area contributed by atoms with E-state index in [1.807, 2.05) is 48.4 Å². The number of thiazole rings is 1. The van der Waals surface area contributed by atoms with Gasteiger partial charge in [-0.15, -0.1) is 11.3 Å². The molecule has 0 bridgehead atoms. The van der Waals surface area contributed by atoms with Crippen molar-refractivity contribution in [3.05, 3.63) is 45.9 Å². The minimum absolute atomic E-state index is 0.0304. The van der Waals surface area contributed by atoms with Gasteiger partial charge < -0.3 is 14.4 Å². The summed E-state index contributed by atoms with van der Waals surface area (Å²) in [7, 11) is 0. The van der Waals surface area contributed by atoms with Crippen molar-refractivity contribution in [1.29, 1.82) is 0 Å². The van der Waals surface area contributed by atoms with Gasteiger partial charge in [0.2, 0.25) is 0 Å². The number of morpholine rings is 1. The summed E-state index contributed by atoms with van der Waals surface area (Å²) in [6, 6.07) is 7.57. The summed E-state index contributed by atoms with van der Waals surface area (Å²) in [5.74, 6) is 0.669. The number of hydrogen-bond acceptors (Lipinski definition) is 5. The lowest BCUT2D eigenvalue weighted by atomic mass is 10.1. The van der Waals surface area contributed by atoms with Crippen molar-refractivity contribution in [2.24, 2.45) is 0 Å². The first-order valence-electron chi connectivity index (χ1n) is 7.62. The quantitative estimate of drug-likeness (QED) is 0.864. The Hall–Kier alpha value is -1.92. The molecule has 0 aliphatic carbocycles. The van der Waals surface area contributed by atoms with Crippen molar-refractivity contribution >= 4 is 17.2 Å². The minimum Gasteiger partial charge on any atom is -0.484 e. The van der Waals surface area contributed by atoms with Crippen LogP contribution in [0.1, 0.15) is 22.3 Å². The van der Waals surface area contributed by atoms with Crippen LogP contribution >= 0.6 is 11.3 Å². The maximum absolute atomic E-state index is 12.5. The molecule has 1 aromatic heterocycles. The number of rotatable bonds is 4. The van der Waals surface area contributed by atoms with Gasteiger partial charge in [-0.05, 0) is 26.0 Å². The second kappa shape index (κ2) is 7.10. The van der Waals surface area contributed by atoms with E-state index in [0.29, 0.717) is 25.5 Å². The number of benzene rings is 1. The summed E-state index contributed by atoms with van der Waals surface area (Å²) in [5.41, 5.74) is 2.06. The molecule has 1 aliphatic rings. The number of carbonyl (C=O) groups is 1. The van der Waals surface area contributed by atoms with Crippen molar-refractivity contribution in [2.45, 2.75) is 19.9 Å². The number of ether oxygens (including phenoxy) is 2. The molecule has 1 fully saturated rings. The Labute approximate surface area is 139 Å². The number of carbonyl (C=O) groups excluding carboxylic acids is 1. The van der Waals surface area contributed by atoms with E-state index in [1.165, 1.54) is 0 Å². The van der Waals surface area contributed by atoms with E-state index in [0.717, 1.165) is 16.3 Å². The van der Waals surface area contributed by atoms with Crippen LogP contribution < -0.4 is 4.74 Å². The molecule has 1 aromatic carbocycles. The average Bonchev–Trinajstić information content (AvgIpc) is 3.00. The topological polar surface area (TPSA) is 51.7 Å². The van der Waals surface area contributed by atoms with Crippen LogP contribution in [0.2, 0.25) is 0 Å². The summed E-state index contributed by atoms with van der Waals surface area (Å²) >= 11 is 1.59.